The first-order valence-electron chi connectivity index (χ1n) is 9.09. The molecular formula is C22H14Cl3NO4S. The Balaban J connectivity index is 1.49. The smallest absolute Gasteiger partial charge is 0.293 e. The summed E-state index contributed by atoms with van der Waals surface area (Å²) in [5, 5.41) is 11.5. The first kappa shape index (κ1) is 21.8. The van der Waals surface area contributed by atoms with Crippen molar-refractivity contribution in [2.24, 2.45) is 0 Å². The van der Waals surface area contributed by atoms with Crippen molar-refractivity contribution in [1.29, 1.82) is 0 Å². The van der Waals surface area contributed by atoms with Gasteiger partial charge in [0, 0.05) is 10.9 Å². The van der Waals surface area contributed by atoms with Crippen molar-refractivity contribution < 1.29 is 19.4 Å². The molecule has 1 N–H and O–H groups in total. The molecule has 0 atom stereocenters. The summed E-state index contributed by atoms with van der Waals surface area (Å²) in [5.74, 6) is -0.157. The van der Waals surface area contributed by atoms with E-state index in [1.807, 2.05) is 42.5 Å². The number of aromatic hydroxyl groups is 1. The molecule has 0 bridgehead atoms. The summed E-state index contributed by atoms with van der Waals surface area (Å²) in [7, 11) is 0. The summed E-state index contributed by atoms with van der Waals surface area (Å²) >= 11 is 18.8. The number of hydrogen-bond acceptors (Lipinski definition) is 5. The molecule has 1 aliphatic heterocycles. The molecule has 1 aliphatic rings. The van der Waals surface area contributed by atoms with Crippen LogP contribution in [0.3, 0.4) is 0 Å². The van der Waals surface area contributed by atoms with Crippen molar-refractivity contribution >= 4 is 74.6 Å². The maximum Gasteiger partial charge on any atom is 0.293 e. The van der Waals surface area contributed by atoms with Gasteiger partial charge in [-0.3, -0.25) is 14.5 Å². The van der Waals surface area contributed by atoms with Gasteiger partial charge in [-0.25, -0.2) is 0 Å². The Morgan fingerprint density at radius 1 is 1.03 bits per heavy atom. The van der Waals surface area contributed by atoms with Crippen LogP contribution in [0, 0.1) is 0 Å². The number of carbonyl (C=O) groups is 2. The van der Waals surface area contributed by atoms with E-state index < -0.39 is 11.1 Å². The SMILES string of the molecule is O=C1S/C(=C\c2c(Cl)cc(Cl)c(O)c2Cl)C(=O)N1CCOc1cccc2ccccc12. The molecule has 2 amide bonds. The highest BCUT2D eigenvalue weighted by Gasteiger charge is 2.35. The standard InChI is InChI=1S/C22H14Cl3NO4S/c23-15-11-16(24)20(27)19(25)14(15)10-18-21(28)26(22(29)31-18)8-9-30-17-7-3-5-12-4-1-2-6-13(12)17/h1-7,10-11,27H,8-9H2/b18-10-. The molecule has 0 aromatic heterocycles. The number of amides is 2. The monoisotopic (exact) mass is 493 g/mol. The second-order valence-electron chi connectivity index (χ2n) is 6.58. The number of phenolic OH excluding ortho intramolecular Hbond substituents is 1. The number of nitrogens with zero attached hydrogens (tertiary/aromatic N) is 1. The van der Waals surface area contributed by atoms with Crippen LogP contribution in [0.2, 0.25) is 15.1 Å². The normalized spacial score (nSPS) is 15.3. The average molecular weight is 495 g/mol. The van der Waals surface area contributed by atoms with Gasteiger partial charge in [0.1, 0.15) is 12.4 Å². The van der Waals surface area contributed by atoms with Gasteiger partial charge < -0.3 is 9.84 Å². The molecule has 31 heavy (non-hydrogen) atoms. The van der Waals surface area contributed by atoms with Gasteiger partial charge in [0.2, 0.25) is 0 Å². The number of phenols is 1. The van der Waals surface area contributed by atoms with Crippen molar-refractivity contribution in [3.05, 3.63) is 74.1 Å². The van der Waals surface area contributed by atoms with E-state index in [1.54, 1.807) is 0 Å². The predicted molar refractivity (Wildman–Crippen MR) is 125 cm³/mol. The summed E-state index contributed by atoms with van der Waals surface area (Å²) in [6.45, 7) is 0.223. The van der Waals surface area contributed by atoms with Crippen molar-refractivity contribution in [2.45, 2.75) is 0 Å². The first-order chi connectivity index (χ1) is 14.9. The van der Waals surface area contributed by atoms with Crippen molar-refractivity contribution in [1.82, 2.24) is 4.90 Å². The third-order valence-corrected chi connectivity index (χ3v) is 6.54. The lowest BCUT2D eigenvalue weighted by atomic mass is 10.1. The summed E-state index contributed by atoms with van der Waals surface area (Å²) in [6.07, 6.45) is 1.37. The highest BCUT2D eigenvalue weighted by molar-refractivity contribution is 8.18. The second kappa shape index (κ2) is 9.01. The fourth-order valence-corrected chi connectivity index (χ4v) is 4.84. The highest BCUT2D eigenvalue weighted by atomic mass is 35.5. The number of imide groups is 1. The number of hydrogen-bond donors (Lipinski definition) is 1. The summed E-state index contributed by atoms with van der Waals surface area (Å²) in [4.78, 5) is 26.3. The molecule has 0 radical (unpaired) electrons. The van der Waals surface area contributed by atoms with Gasteiger partial charge in [0.15, 0.2) is 5.75 Å². The Bertz CT molecular complexity index is 1240. The van der Waals surface area contributed by atoms with Crippen LogP contribution in [-0.2, 0) is 4.79 Å². The van der Waals surface area contributed by atoms with Crippen molar-refractivity contribution in [3.8, 4) is 11.5 Å². The van der Waals surface area contributed by atoms with Gasteiger partial charge in [0.05, 0.1) is 26.5 Å². The minimum Gasteiger partial charge on any atom is -0.505 e. The van der Waals surface area contributed by atoms with Gasteiger partial charge in [-0.2, -0.15) is 0 Å². The maximum atomic E-state index is 12.7. The van der Waals surface area contributed by atoms with Crippen molar-refractivity contribution in [2.75, 3.05) is 13.2 Å². The van der Waals surface area contributed by atoms with Gasteiger partial charge >= 0.3 is 0 Å². The van der Waals surface area contributed by atoms with Crippen LogP contribution >= 0.6 is 46.6 Å². The summed E-state index contributed by atoms with van der Waals surface area (Å²) < 4.78 is 5.83. The molecule has 9 heteroatoms. The third-order valence-electron chi connectivity index (χ3n) is 4.65. The highest BCUT2D eigenvalue weighted by Crippen LogP contribution is 2.42. The number of carbonyl (C=O) groups excluding carboxylic acids is 2. The molecule has 0 aliphatic carbocycles. The topological polar surface area (TPSA) is 66.8 Å². The van der Waals surface area contributed by atoms with Gasteiger partial charge in [0.25, 0.3) is 11.1 Å². The van der Waals surface area contributed by atoms with E-state index in [0.29, 0.717) is 5.75 Å². The van der Waals surface area contributed by atoms with Crippen LogP contribution in [0.1, 0.15) is 5.56 Å². The number of benzene rings is 3. The minimum absolute atomic E-state index is 0.00848. The Hall–Kier alpha value is -2.38. The van der Waals surface area contributed by atoms with Crippen LogP contribution in [0.15, 0.2) is 53.4 Å². The van der Waals surface area contributed by atoms with E-state index in [4.69, 9.17) is 39.5 Å². The fraction of sp³-hybridized carbons (Fsp3) is 0.0909. The molecule has 3 aromatic carbocycles. The maximum absolute atomic E-state index is 12.7. The van der Waals surface area contributed by atoms with Crippen LogP contribution in [-0.4, -0.2) is 34.3 Å². The Morgan fingerprint density at radius 3 is 2.58 bits per heavy atom. The number of fused-ring (bicyclic) bond motifs is 1. The Kier molecular flexibility index (Phi) is 6.34. The molecule has 1 saturated heterocycles. The van der Waals surface area contributed by atoms with E-state index >= 15 is 0 Å². The molecule has 0 saturated carbocycles. The van der Waals surface area contributed by atoms with E-state index in [1.165, 1.54) is 12.1 Å². The molecule has 0 spiro atoms. The fourth-order valence-electron chi connectivity index (χ4n) is 3.12. The number of ether oxygens (including phenoxy) is 1. The van der Waals surface area contributed by atoms with Crippen LogP contribution in [0.25, 0.3) is 16.8 Å². The van der Waals surface area contributed by atoms with Gasteiger partial charge in [-0.05, 0) is 35.4 Å². The number of halogens is 3. The molecule has 158 valence electrons. The third kappa shape index (κ3) is 4.34. The molecule has 5 nitrogen and oxygen atoms in total. The van der Waals surface area contributed by atoms with E-state index in [-0.39, 0.29) is 44.4 Å². The van der Waals surface area contributed by atoms with E-state index in [0.717, 1.165) is 27.4 Å². The summed E-state index contributed by atoms with van der Waals surface area (Å²) in [5.41, 5.74) is 0.211. The Morgan fingerprint density at radius 2 is 1.77 bits per heavy atom. The van der Waals surface area contributed by atoms with E-state index in [2.05, 4.69) is 0 Å². The molecule has 0 unspecified atom stereocenters. The second-order valence-corrected chi connectivity index (χ2v) is 8.76. The van der Waals surface area contributed by atoms with Crippen LogP contribution < -0.4 is 4.74 Å². The van der Waals surface area contributed by atoms with Gasteiger partial charge in [-0.1, -0.05) is 71.2 Å². The predicted octanol–water partition coefficient (Wildman–Crippen LogP) is 6.62. The van der Waals surface area contributed by atoms with Crippen molar-refractivity contribution in [3.63, 3.8) is 0 Å². The molecule has 3 aromatic rings. The van der Waals surface area contributed by atoms with E-state index in [9.17, 15) is 14.7 Å². The van der Waals surface area contributed by atoms with Crippen LogP contribution in [0.5, 0.6) is 11.5 Å². The molecule has 1 heterocycles. The minimum atomic E-state index is -0.488. The average Bonchev–Trinajstić information content (AvgIpc) is 3.02. The number of rotatable bonds is 5. The lowest BCUT2D eigenvalue weighted by Gasteiger charge is -2.14. The van der Waals surface area contributed by atoms with Crippen LogP contribution in [0.4, 0.5) is 4.79 Å². The molecular weight excluding hydrogens is 481 g/mol. The first-order valence-corrected chi connectivity index (χ1v) is 11.0. The molecule has 1 fully saturated rings. The zero-order valence-corrected chi connectivity index (χ0v) is 18.9. The number of thioether (sulfide) groups is 1. The zero-order chi connectivity index (χ0) is 22.1. The largest absolute Gasteiger partial charge is 0.505 e. The lowest BCUT2D eigenvalue weighted by Crippen LogP contribution is -2.32. The summed E-state index contributed by atoms with van der Waals surface area (Å²) in [6, 6.07) is 14.8. The zero-order valence-electron chi connectivity index (χ0n) is 15.8. The van der Waals surface area contributed by atoms with Gasteiger partial charge in [-0.15, -0.1) is 0 Å². The Labute approximate surface area is 197 Å². The quantitative estimate of drug-likeness (QED) is 0.404. The molecule has 4 rings (SSSR count). The lowest BCUT2D eigenvalue weighted by molar-refractivity contribution is -0.123.